The van der Waals surface area contributed by atoms with E-state index in [2.05, 4.69) is 18.8 Å². The van der Waals surface area contributed by atoms with E-state index >= 15 is 0 Å². The molecule has 0 radical (unpaired) electrons. The SMILES string of the molecule is CC(C)(CC(=O)N1CCN(S(=O)(=O)c2cccnc2)CC1)c1ccccc1. The summed E-state index contributed by atoms with van der Waals surface area (Å²) in [4.78, 5) is 18.6. The maximum absolute atomic E-state index is 12.8. The van der Waals surface area contributed by atoms with Gasteiger partial charge in [-0.15, -0.1) is 0 Å². The fraction of sp³-hybridized carbons (Fsp3) is 0.400. The maximum atomic E-state index is 12.8. The number of sulfonamides is 1. The molecular weight excluding hydrogens is 362 g/mol. The highest BCUT2D eigenvalue weighted by Crippen LogP contribution is 2.28. The fourth-order valence-corrected chi connectivity index (χ4v) is 4.69. The number of carbonyl (C=O) groups excluding carboxylic acids is 1. The van der Waals surface area contributed by atoms with Crippen molar-refractivity contribution in [2.45, 2.75) is 30.6 Å². The van der Waals surface area contributed by atoms with Crippen LogP contribution in [0, 0.1) is 0 Å². The van der Waals surface area contributed by atoms with Gasteiger partial charge in [-0.05, 0) is 23.1 Å². The van der Waals surface area contributed by atoms with Gasteiger partial charge < -0.3 is 4.90 Å². The smallest absolute Gasteiger partial charge is 0.244 e. The Morgan fingerprint density at radius 2 is 1.70 bits per heavy atom. The standard InChI is InChI=1S/C20H25N3O3S/c1-20(2,17-7-4-3-5-8-17)15-19(24)22-11-13-23(14-12-22)27(25,26)18-9-6-10-21-16-18/h3-10,16H,11-15H2,1-2H3. The Morgan fingerprint density at radius 1 is 1.04 bits per heavy atom. The van der Waals surface area contributed by atoms with Crippen molar-refractivity contribution in [3.05, 3.63) is 60.4 Å². The first kappa shape index (κ1) is 19.5. The lowest BCUT2D eigenvalue weighted by Crippen LogP contribution is -2.51. The number of piperazine rings is 1. The number of aromatic nitrogens is 1. The van der Waals surface area contributed by atoms with Crippen LogP contribution in [-0.2, 0) is 20.2 Å². The van der Waals surface area contributed by atoms with E-state index in [1.165, 1.54) is 10.5 Å². The van der Waals surface area contributed by atoms with Crippen LogP contribution in [0.15, 0.2) is 59.8 Å². The Kier molecular flexibility index (Phi) is 5.62. The van der Waals surface area contributed by atoms with Gasteiger partial charge in [0.1, 0.15) is 4.90 Å². The molecule has 27 heavy (non-hydrogen) atoms. The highest BCUT2D eigenvalue weighted by Gasteiger charge is 2.32. The van der Waals surface area contributed by atoms with Crippen molar-refractivity contribution < 1.29 is 13.2 Å². The van der Waals surface area contributed by atoms with Crippen LogP contribution in [0.3, 0.4) is 0 Å². The van der Waals surface area contributed by atoms with Crippen LogP contribution >= 0.6 is 0 Å². The summed E-state index contributed by atoms with van der Waals surface area (Å²) in [5, 5.41) is 0. The van der Waals surface area contributed by atoms with Gasteiger partial charge in [-0.1, -0.05) is 44.2 Å². The van der Waals surface area contributed by atoms with E-state index in [1.54, 1.807) is 23.2 Å². The molecule has 3 rings (SSSR count). The molecule has 1 fully saturated rings. The lowest BCUT2D eigenvalue weighted by molar-refractivity contribution is -0.133. The molecule has 0 aliphatic carbocycles. The quantitative estimate of drug-likeness (QED) is 0.789. The normalized spacial score (nSPS) is 16.3. The van der Waals surface area contributed by atoms with Crippen LogP contribution in [0.5, 0.6) is 0 Å². The predicted octanol–water partition coefficient (Wildman–Crippen LogP) is 2.28. The van der Waals surface area contributed by atoms with Crippen molar-refractivity contribution >= 4 is 15.9 Å². The number of hydrogen-bond acceptors (Lipinski definition) is 4. The summed E-state index contributed by atoms with van der Waals surface area (Å²) < 4.78 is 26.7. The van der Waals surface area contributed by atoms with Crippen LogP contribution in [0.1, 0.15) is 25.8 Å². The maximum Gasteiger partial charge on any atom is 0.244 e. The fourth-order valence-electron chi connectivity index (χ4n) is 3.31. The molecule has 0 N–H and O–H groups in total. The van der Waals surface area contributed by atoms with E-state index < -0.39 is 10.0 Å². The summed E-state index contributed by atoms with van der Waals surface area (Å²) in [7, 11) is -3.56. The molecule has 1 amide bonds. The molecule has 1 aliphatic rings. The van der Waals surface area contributed by atoms with Gasteiger partial charge in [0.25, 0.3) is 0 Å². The molecule has 0 atom stereocenters. The molecule has 1 aromatic heterocycles. The number of benzene rings is 1. The minimum Gasteiger partial charge on any atom is -0.340 e. The Bertz CT molecular complexity index is 875. The van der Waals surface area contributed by atoms with Gasteiger partial charge in [-0.2, -0.15) is 4.31 Å². The first-order valence-corrected chi connectivity index (χ1v) is 10.5. The molecule has 1 aromatic carbocycles. The first-order valence-electron chi connectivity index (χ1n) is 9.04. The molecule has 0 bridgehead atoms. The summed E-state index contributed by atoms with van der Waals surface area (Å²) in [5.74, 6) is 0.0577. The summed E-state index contributed by atoms with van der Waals surface area (Å²) in [6.45, 7) is 5.53. The number of nitrogens with zero attached hydrogens (tertiary/aromatic N) is 3. The average molecular weight is 388 g/mol. The zero-order chi connectivity index (χ0) is 19.5. The van der Waals surface area contributed by atoms with Crippen molar-refractivity contribution in [2.24, 2.45) is 0 Å². The number of amides is 1. The van der Waals surface area contributed by atoms with E-state index in [0.29, 0.717) is 32.6 Å². The Hall–Kier alpha value is -2.25. The summed E-state index contributed by atoms with van der Waals surface area (Å²) in [6.07, 6.45) is 3.30. The van der Waals surface area contributed by atoms with Crippen molar-refractivity contribution in [3.8, 4) is 0 Å². The highest BCUT2D eigenvalue weighted by molar-refractivity contribution is 7.89. The Balaban J connectivity index is 1.61. The van der Waals surface area contributed by atoms with Crippen LogP contribution in [0.2, 0.25) is 0 Å². The molecule has 1 saturated heterocycles. The van der Waals surface area contributed by atoms with Crippen LogP contribution in [-0.4, -0.2) is 54.7 Å². The third-order valence-electron chi connectivity index (χ3n) is 5.01. The Labute approximate surface area is 160 Å². The minimum atomic E-state index is -3.56. The lowest BCUT2D eigenvalue weighted by Gasteiger charge is -2.36. The van der Waals surface area contributed by atoms with E-state index in [9.17, 15) is 13.2 Å². The van der Waals surface area contributed by atoms with Crippen molar-refractivity contribution in [1.82, 2.24) is 14.2 Å². The summed E-state index contributed by atoms with van der Waals surface area (Å²) >= 11 is 0. The number of pyridine rings is 1. The molecule has 2 aromatic rings. The number of rotatable bonds is 5. The average Bonchev–Trinajstić information content (AvgIpc) is 2.69. The topological polar surface area (TPSA) is 70.6 Å². The van der Waals surface area contributed by atoms with Crippen molar-refractivity contribution in [2.75, 3.05) is 26.2 Å². The van der Waals surface area contributed by atoms with Crippen LogP contribution in [0.4, 0.5) is 0 Å². The third-order valence-corrected chi connectivity index (χ3v) is 6.89. The molecular formula is C20H25N3O3S. The monoisotopic (exact) mass is 387 g/mol. The molecule has 1 aliphatic heterocycles. The van der Waals surface area contributed by atoms with Gasteiger partial charge in [0.05, 0.1) is 0 Å². The summed E-state index contributed by atoms with van der Waals surface area (Å²) in [5.41, 5.74) is 0.855. The molecule has 2 heterocycles. The van der Waals surface area contributed by atoms with E-state index in [-0.39, 0.29) is 16.2 Å². The second kappa shape index (κ2) is 7.78. The van der Waals surface area contributed by atoms with Crippen LogP contribution in [0.25, 0.3) is 0 Å². The number of carbonyl (C=O) groups is 1. The van der Waals surface area contributed by atoms with Crippen LogP contribution < -0.4 is 0 Å². The van der Waals surface area contributed by atoms with Crippen molar-refractivity contribution in [1.29, 1.82) is 0 Å². The third kappa shape index (κ3) is 4.36. The number of hydrogen-bond donors (Lipinski definition) is 0. The molecule has 6 nitrogen and oxygen atoms in total. The van der Waals surface area contributed by atoms with E-state index in [1.807, 2.05) is 30.3 Å². The van der Waals surface area contributed by atoms with Gasteiger partial charge in [0, 0.05) is 45.0 Å². The van der Waals surface area contributed by atoms with Gasteiger partial charge in [-0.25, -0.2) is 8.42 Å². The van der Waals surface area contributed by atoms with Gasteiger partial charge in [-0.3, -0.25) is 9.78 Å². The minimum absolute atomic E-state index is 0.0577. The first-order chi connectivity index (χ1) is 12.8. The zero-order valence-corrected chi connectivity index (χ0v) is 16.5. The molecule has 7 heteroatoms. The van der Waals surface area contributed by atoms with Gasteiger partial charge in [0.15, 0.2) is 0 Å². The Morgan fingerprint density at radius 3 is 2.30 bits per heavy atom. The molecule has 0 spiro atoms. The van der Waals surface area contributed by atoms with E-state index in [4.69, 9.17) is 0 Å². The largest absolute Gasteiger partial charge is 0.340 e. The summed E-state index contributed by atoms with van der Waals surface area (Å²) in [6, 6.07) is 13.1. The van der Waals surface area contributed by atoms with Gasteiger partial charge in [0.2, 0.25) is 15.9 Å². The highest BCUT2D eigenvalue weighted by atomic mass is 32.2. The molecule has 0 unspecified atom stereocenters. The van der Waals surface area contributed by atoms with E-state index in [0.717, 1.165) is 5.56 Å². The lowest BCUT2D eigenvalue weighted by atomic mass is 9.81. The second-order valence-electron chi connectivity index (χ2n) is 7.40. The van der Waals surface area contributed by atoms with Crippen molar-refractivity contribution in [3.63, 3.8) is 0 Å². The van der Waals surface area contributed by atoms with Gasteiger partial charge >= 0.3 is 0 Å². The molecule has 0 saturated carbocycles. The molecule has 144 valence electrons. The predicted molar refractivity (Wildman–Crippen MR) is 104 cm³/mol. The zero-order valence-electron chi connectivity index (χ0n) is 15.7. The second-order valence-corrected chi connectivity index (χ2v) is 9.34.